The summed E-state index contributed by atoms with van der Waals surface area (Å²) < 4.78 is 0. The van der Waals surface area contributed by atoms with E-state index in [9.17, 15) is 9.59 Å². The molecule has 1 aromatic carbocycles. The molecule has 1 aromatic heterocycles. The van der Waals surface area contributed by atoms with Crippen LogP contribution in [0.25, 0.3) is 10.6 Å². The number of aromatic nitrogens is 1. The molecule has 5 nitrogen and oxygen atoms in total. The van der Waals surface area contributed by atoms with Crippen molar-refractivity contribution in [2.75, 3.05) is 19.6 Å². The molecule has 0 radical (unpaired) electrons. The summed E-state index contributed by atoms with van der Waals surface area (Å²) in [6.45, 7) is 5.73. The van der Waals surface area contributed by atoms with Crippen LogP contribution in [0.15, 0.2) is 29.6 Å². The number of benzene rings is 1. The molecule has 1 aliphatic heterocycles. The summed E-state index contributed by atoms with van der Waals surface area (Å²) in [6, 6.07) is 8.18. The molecular formula is C19H23N3O2S. The minimum Gasteiger partial charge on any atom is -0.356 e. The standard InChI is InChI=1S/C19H23N3O2S/c1-13-3-5-16(6-4-13)18-21-17(12-25-18)19(24)22-9-7-15(8-10-22)11-20-14(2)23/h3-6,12,15H,7-11H2,1-2H3,(H,20,23). The van der Waals surface area contributed by atoms with Gasteiger partial charge in [-0.2, -0.15) is 0 Å². The molecule has 1 aliphatic rings. The van der Waals surface area contributed by atoms with Gasteiger partial charge in [0.05, 0.1) is 0 Å². The van der Waals surface area contributed by atoms with E-state index >= 15 is 0 Å². The van der Waals surface area contributed by atoms with Gasteiger partial charge in [-0.05, 0) is 25.7 Å². The fraction of sp³-hybridized carbons (Fsp3) is 0.421. The van der Waals surface area contributed by atoms with Crippen molar-refractivity contribution in [2.45, 2.75) is 26.7 Å². The maximum Gasteiger partial charge on any atom is 0.273 e. The first-order valence-corrected chi connectivity index (χ1v) is 9.47. The molecule has 2 heterocycles. The monoisotopic (exact) mass is 357 g/mol. The quantitative estimate of drug-likeness (QED) is 0.914. The predicted octanol–water partition coefficient (Wildman–Crippen LogP) is 3.11. The first-order chi connectivity index (χ1) is 12.0. The highest BCUT2D eigenvalue weighted by atomic mass is 32.1. The first-order valence-electron chi connectivity index (χ1n) is 8.59. The zero-order chi connectivity index (χ0) is 17.8. The van der Waals surface area contributed by atoms with Crippen molar-refractivity contribution in [3.8, 4) is 10.6 Å². The molecule has 0 aliphatic carbocycles. The molecule has 1 N–H and O–H groups in total. The Morgan fingerprint density at radius 1 is 1.24 bits per heavy atom. The lowest BCUT2D eigenvalue weighted by atomic mass is 9.96. The first kappa shape index (κ1) is 17.6. The normalized spacial score (nSPS) is 15.2. The highest BCUT2D eigenvalue weighted by Gasteiger charge is 2.25. The average molecular weight is 357 g/mol. The Kier molecular flexibility index (Phi) is 5.48. The fourth-order valence-corrected chi connectivity index (χ4v) is 3.79. The summed E-state index contributed by atoms with van der Waals surface area (Å²) in [5, 5.41) is 5.59. The number of nitrogens with one attached hydrogen (secondary N) is 1. The van der Waals surface area contributed by atoms with E-state index in [2.05, 4.69) is 29.4 Å². The minimum absolute atomic E-state index is 0.00427. The van der Waals surface area contributed by atoms with Gasteiger partial charge in [-0.3, -0.25) is 9.59 Å². The predicted molar refractivity (Wildman–Crippen MR) is 99.6 cm³/mol. The van der Waals surface area contributed by atoms with E-state index in [4.69, 9.17) is 0 Å². The van der Waals surface area contributed by atoms with Crippen molar-refractivity contribution in [1.82, 2.24) is 15.2 Å². The summed E-state index contributed by atoms with van der Waals surface area (Å²) in [5.41, 5.74) is 2.78. The summed E-state index contributed by atoms with van der Waals surface area (Å²) in [5.74, 6) is 0.462. The molecule has 25 heavy (non-hydrogen) atoms. The molecule has 132 valence electrons. The molecule has 3 rings (SSSR count). The molecule has 1 saturated heterocycles. The van der Waals surface area contributed by atoms with Gasteiger partial charge in [0.25, 0.3) is 5.91 Å². The second-order valence-electron chi connectivity index (χ2n) is 6.58. The van der Waals surface area contributed by atoms with Crippen LogP contribution in [-0.2, 0) is 4.79 Å². The van der Waals surface area contributed by atoms with Crippen molar-refractivity contribution in [1.29, 1.82) is 0 Å². The highest BCUT2D eigenvalue weighted by molar-refractivity contribution is 7.13. The summed E-state index contributed by atoms with van der Waals surface area (Å²) in [6.07, 6.45) is 1.84. The Labute approximate surface area is 152 Å². The lowest BCUT2D eigenvalue weighted by Gasteiger charge is -2.31. The molecule has 0 saturated carbocycles. The third-order valence-corrected chi connectivity index (χ3v) is 5.45. The number of piperidine rings is 1. The van der Waals surface area contributed by atoms with Gasteiger partial charge in [0.2, 0.25) is 5.91 Å². The van der Waals surface area contributed by atoms with Crippen LogP contribution in [0.2, 0.25) is 0 Å². The second-order valence-corrected chi connectivity index (χ2v) is 7.43. The number of nitrogens with zero attached hydrogens (tertiary/aromatic N) is 2. The van der Waals surface area contributed by atoms with Gasteiger partial charge < -0.3 is 10.2 Å². The largest absolute Gasteiger partial charge is 0.356 e. The lowest BCUT2D eigenvalue weighted by molar-refractivity contribution is -0.119. The Balaban J connectivity index is 1.59. The number of hydrogen-bond donors (Lipinski definition) is 1. The molecule has 1 fully saturated rings. The Morgan fingerprint density at radius 3 is 2.56 bits per heavy atom. The smallest absolute Gasteiger partial charge is 0.273 e. The van der Waals surface area contributed by atoms with Crippen molar-refractivity contribution < 1.29 is 9.59 Å². The van der Waals surface area contributed by atoms with E-state index in [1.54, 1.807) is 0 Å². The van der Waals surface area contributed by atoms with E-state index in [0.29, 0.717) is 18.2 Å². The van der Waals surface area contributed by atoms with Crippen LogP contribution in [0, 0.1) is 12.8 Å². The van der Waals surface area contributed by atoms with Gasteiger partial charge >= 0.3 is 0 Å². The van der Waals surface area contributed by atoms with Gasteiger partial charge in [-0.1, -0.05) is 29.8 Å². The SMILES string of the molecule is CC(=O)NCC1CCN(C(=O)c2csc(-c3ccc(C)cc3)n2)CC1. The Bertz CT molecular complexity index is 746. The van der Waals surface area contributed by atoms with Gasteiger partial charge in [0, 0.05) is 37.5 Å². The van der Waals surface area contributed by atoms with Crippen molar-refractivity contribution in [3.05, 3.63) is 40.9 Å². The third-order valence-electron chi connectivity index (χ3n) is 4.56. The van der Waals surface area contributed by atoms with Gasteiger partial charge in [0.1, 0.15) is 10.7 Å². The fourth-order valence-electron chi connectivity index (χ4n) is 2.99. The van der Waals surface area contributed by atoms with Crippen molar-refractivity contribution in [2.24, 2.45) is 5.92 Å². The zero-order valence-corrected chi connectivity index (χ0v) is 15.4. The minimum atomic E-state index is 0.00427. The molecular weight excluding hydrogens is 334 g/mol. The van der Waals surface area contributed by atoms with E-state index < -0.39 is 0 Å². The maximum absolute atomic E-state index is 12.7. The zero-order valence-electron chi connectivity index (χ0n) is 14.6. The Morgan fingerprint density at radius 2 is 1.92 bits per heavy atom. The van der Waals surface area contributed by atoms with Crippen LogP contribution in [0.5, 0.6) is 0 Å². The number of amides is 2. The second kappa shape index (κ2) is 7.78. The van der Waals surface area contributed by atoms with Gasteiger partial charge in [-0.15, -0.1) is 11.3 Å². The van der Waals surface area contributed by atoms with Crippen molar-refractivity contribution in [3.63, 3.8) is 0 Å². The lowest BCUT2D eigenvalue weighted by Crippen LogP contribution is -2.41. The van der Waals surface area contributed by atoms with Crippen LogP contribution in [0.1, 0.15) is 35.8 Å². The Hall–Kier alpha value is -2.21. The molecule has 0 spiro atoms. The van der Waals surface area contributed by atoms with Crippen LogP contribution in [0.4, 0.5) is 0 Å². The number of thiazole rings is 1. The summed E-state index contributed by atoms with van der Waals surface area (Å²) in [4.78, 5) is 30.1. The maximum atomic E-state index is 12.7. The van der Waals surface area contributed by atoms with E-state index in [1.807, 2.05) is 22.4 Å². The molecule has 0 bridgehead atoms. The molecule has 6 heteroatoms. The van der Waals surface area contributed by atoms with Crippen LogP contribution in [-0.4, -0.2) is 41.3 Å². The van der Waals surface area contributed by atoms with Crippen LogP contribution < -0.4 is 5.32 Å². The van der Waals surface area contributed by atoms with E-state index in [1.165, 1.54) is 23.8 Å². The molecule has 0 unspecified atom stereocenters. The number of carbonyl (C=O) groups is 2. The summed E-state index contributed by atoms with van der Waals surface area (Å²) >= 11 is 1.51. The number of likely N-dealkylation sites (tertiary alicyclic amines) is 1. The van der Waals surface area contributed by atoms with Crippen molar-refractivity contribution >= 4 is 23.2 Å². The van der Waals surface area contributed by atoms with Gasteiger partial charge in [0.15, 0.2) is 0 Å². The number of hydrogen-bond acceptors (Lipinski definition) is 4. The van der Waals surface area contributed by atoms with Crippen LogP contribution in [0.3, 0.4) is 0 Å². The van der Waals surface area contributed by atoms with E-state index in [-0.39, 0.29) is 11.8 Å². The molecule has 2 amide bonds. The number of aryl methyl sites for hydroxylation is 1. The average Bonchev–Trinajstić information content (AvgIpc) is 3.10. The van der Waals surface area contributed by atoms with E-state index in [0.717, 1.165) is 36.5 Å². The van der Waals surface area contributed by atoms with Gasteiger partial charge in [-0.25, -0.2) is 4.98 Å². The van der Waals surface area contributed by atoms with Crippen LogP contribution >= 0.6 is 11.3 Å². The number of rotatable bonds is 4. The highest BCUT2D eigenvalue weighted by Crippen LogP contribution is 2.25. The summed E-state index contributed by atoms with van der Waals surface area (Å²) in [7, 11) is 0. The topological polar surface area (TPSA) is 62.3 Å². The number of carbonyl (C=O) groups excluding carboxylic acids is 2. The molecule has 2 aromatic rings. The third kappa shape index (κ3) is 4.45. The molecule has 0 atom stereocenters.